The molecule has 24 heavy (non-hydrogen) atoms. The summed E-state index contributed by atoms with van der Waals surface area (Å²) in [5.41, 5.74) is 0. The fraction of sp³-hybridized carbons (Fsp3) is 0.529. The van der Waals surface area contributed by atoms with Crippen LogP contribution in [0.25, 0.3) is 0 Å². The lowest BCUT2D eigenvalue weighted by molar-refractivity contribution is -0.146. The highest BCUT2D eigenvalue weighted by atomic mass is 16.5. The van der Waals surface area contributed by atoms with Crippen LogP contribution in [0, 0.1) is 5.92 Å². The van der Waals surface area contributed by atoms with Crippen molar-refractivity contribution in [2.75, 3.05) is 47.6 Å². The van der Waals surface area contributed by atoms with Crippen LogP contribution < -0.4 is 9.47 Å². The van der Waals surface area contributed by atoms with Crippen molar-refractivity contribution in [1.82, 2.24) is 4.90 Å². The molecular formula is C17H25NO6. The Balaban J connectivity index is 2.64. The zero-order chi connectivity index (χ0) is 17.9. The van der Waals surface area contributed by atoms with Crippen molar-refractivity contribution >= 4 is 11.9 Å². The Morgan fingerprint density at radius 3 is 2.50 bits per heavy atom. The van der Waals surface area contributed by atoms with Crippen LogP contribution in [-0.2, 0) is 19.1 Å². The number of benzene rings is 1. The van der Waals surface area contributed by atoms with Gasteiger partial charge in [0.05, 0.1) is 26.7 Å². The lowest BCUT2D eigenvalue weighted by atomic mass is 10.1. The molecular weight excluding hydrogens is 314 g/mol. The number of nitrogens with zero attached hydrogens (tertiary/aromatic N) is 1. The second-order valence-corrected chi connectivity index (χ2v) is 5.22. The van der Waals surface area contributed by atoms with Gasteiger partial charge in [-0.1, -0.05) is 13.0 Å². The molecule has 0 radical (unpaired) electrons. The number of rotatable bonds is 10. The molecule has 1 rings (SSSR count). The van der Waals surface area contributed by atoms with Gasteiger partial charge in [-0.3, -0.25) is 9.59 Å². The summed E-state index contributed by atoms with van der Waals surface area (Å²) < 4.78 is 20.3. The van der Waals surface area contributed by atoms with Crippen LogP contribution >= 0.6 is 0 Å². The topological polar surface area (TPSA) is 74.3 Å². The second kappa shape index (κ2) is 10.5. The molecule has 7 nitrogen and oxygen atoms in total. The average Bonchev–Trinajstić information content (AvgIpc) is 2.62. The molecule has 1 amide bonds. The van der Waals surface area contributed by atoms with E-state index >= 15 is 0 Å². The van der Waals surface area contributed by atoms with Crippen molar-refractivity contribution in [3.05, 3.63) is 24.3 Å². The molecule has 0 aliphatic heterocycles. The van der Waals surface area contributed by atoms with Crippen LogP contribution in [0.1, 0.15) is 6.92 Å². The first-order valence-electron chi connectivity index (χ1n) is 7.63. The highest BCUT2D eigenvalue weighted by Crippen LogP contribution is 2.18. The average molecular weight is 339 g/mol. The summed E-state index contributed by atoms with van der Waals surface area (Å²) in [5.74, 6) is 0.170. The number of amides is 1. The summed E-state index contributed by atoms with van der Waals surface area (Å²) in [5, 5.41) is 0. The Morgan fingerprint density at radius 2 is 1.88 bits per heavy atom. The fourth-order valence-corrected chi connectivity index (χ4v) is 2.05. The Labute approximate surface area is 142 Å². The first-order chi connectivity index (χ1) is 11.5. The predicted molar refractivity (Wildman–Crippen MR) is 88.1 cm³/mol. The molecule has 0 bridgehead atoms. The lowest BCUT2D eigenvalue weighted by Crippen LogP contribution is -2.41. The molecule has 0 aromatic heterocycles. The highest BCUT2D eigenvalue weighted by Gasteiger charge is 2.21. The van der Waals surface area contributed by atoms with Gasteiger partial charge in [0.1, 0.15) is 11.5 Å². The first kappa shape index (κ1) is 19.8. The maximum atomic E-state index is 12.4. The van der Waals surface area contributed by atoms with E-state index in [0.717, 1.165) is 0 Å². The quantitative estimate of drug-likeness (QED) is 0.599. The van der Waals surface area contributed by atoms with E-state index < -0.39 is 5.92 Å². The van der Waals surface area contributed by atoms with Crippen molar-refractivity contribution in [2.45, 2.75) is 6.92 Å². The van der Waals surface area contributed by atoms with E-state index in [-0.39, 0.29) is 25.0 Å². The number of carbonyl (C=O) groups is 2. The number of ether oxygens (including phenoxy) is 4. The minimum Gasteiger partial charge on any atom is -0.497 e. The third-order valence-corrected chi connectivity index (χ3v) is 3.42. The van der Waals surface area contributed by atoms with E-state index in [2.05, 4.69) is 0 Å². The molecule has 1 aromatic carbocycles. The van der Waals surface area contributed by atoms with Gasteiger partial charge in [0.25, 0.3) is 5.91 Å². The van der Waals surface area contributed by atoms with Gasteiger partial charge in [0.15, 0.2) is 6.61 Å². The molecule has 0 fully saturated rings. The smallest absolute Gasteiger partial charge is 0.310 e. The van der Waals surface area contributed by atoms with Gasteiger partial charge in [0.2, 0.25) is 0 Å². The SMILES string of the molecule is COCCN(CC(C)C(=O)OC)C(=O)COc1cccc(OC)c1. The van der Waals surface area contributed by atoms with Crippen molar-refractivity contribution < 1.29 is 28.5 Å². The maximum Gasteiger partial charge on any atom is 0.310 e. The van der Waals surface area contributed by atoms with E-state index in [1.54, 1.807) is 45.4 Å². The van der Waals surface area contributed by atoms with E-state index in [9.17, 15) is 9.59 Å². The molecule has 7 heteroatoms. The summed E-state index contributed by atoms with van der Waals surface area (Å²) in [4.78, 5) is 25.5. The minimum absolute atomic E-state index is 0.134. The number of hydrogen-bond donors (Lipinski definition) is 0. The molecule has 134 valence electrons. The summed E-state index contributed by atoms with van der Waals surface area (Å²) in [6.45, 7) is 2.57. The van der Waals surface area contributed by atoms with E-state index in [1.807, 2.05) is 0 Å². The monoisotopic (exact) mass is 339 g/mol. The van der Waals surface area contributed by atoms with E-state index in [1.165, 1.54) is 12.0 Å². The Hall–Kier alpha value is -2.28. The number of hydrogen-bond acceptors (Lipinski definition) is 6. The molecule has 0 N–H and O–H groups in total. The van der Waals surface area contributed by atoms with Crippen molar-refractivity contribution in [1.29, 1.82) is 0 Å². The van der Waals surface area contributed by atoms with E-state index in [4.69, 9.17) is 18.9 Å². The molecule has 1 aromatic rings. The molecule has 0 aliphatic rings. The number of methoxy groups -OCH3 is 3. The van der Waals surface area contributed by atoms with Crippen molar-refractivity contribution in [3.63, 3.8) is 0 Å². The zero-order valence-corrected chi connectivity index (χ0v) is 14.6. The molecule has 0 saturated carbocycles. The van der Waals surface area contributed by atoms with Gasteiger partial charge < -0.3 is 23.8 Å². The van der Waals surface area contributed by atoms with Gasteiger partial charge in [-0.15, -0.1) is 0 Å². The summed E-state index contributed by atoms with van der Waals surface area (Å²) >= 11 is 0. The van der Waals surface area contributed by atoms with E-state index in [0.29, 0.717) is 24.7 Å². The van der Waals surface area contributed by atoms with Gasteiger partial charge in [-0.05, 0) is 12.1 Å². The summed E-state index contributed by atoms with van der Waals surface area (Å²) in [6, 6.07) is 7.01. The Kier molecular flexibility index (Phi) is 8.64. The number of esters is 1. The molecule has 0 heterocycles. The zero-order valence-electron chi connectivity index (χ0n) is 14.6. The molecule has 0 aliphatic carbocycles. The Bertz CT molecular complexity index is 534. The van der Waals surface area contributed by atoms with Gasteiger partial charge in [0, 0.05) is 26.3 Å². The fourth-order valence-electron chi connectivity index (χ4n) is 2.05. The van der Waals surface area contributed by atoms with Crippen LogP contribution in [0.3, 0.4) is 0 Å². The third-order valence-electron chi connectivity index (χ3n) is 3.42. The molecule has 1 atom stereocenters. The second-order valence-electron chi connectivity index (χ2n) is 5.22. The summed E-state index contributed by atoms with van der Waals surface area (Å²) in [7, 11) is 4.44. The van der Waals surface area contributed by atoms with Crippen molar-refractivity contribution in [3.8, 4) is 11.5 Å². The summed E-state index contributed by atoms with van der Waals surface area (Å²) in [6.07, 6.45) is 0. The van der Waals surface area contributed by atoms with Crippen LogP contribution in [0.15, 0.2) is 24.3 Å². The molecule has 0 saturated heterocycles. The van der Waals surface area contributed by atoms with Crippen LogP contribution in [0.4, 0.5) is 0 Å². The largest absolute Gasteiger partial charge is 0.497 e. The van der Waals surface area contributed by atoms with Gasteiger partial charge in [-0.25, -0.2) is 0 Å². The Morgan fingerprint density at radius 1 is 1.17 bits per heavy atom. The normalized spacial score (nSPS) is 11.5. The molecule has 1 unspecified atom stereocenters. The highest BCUT2D eigenvalue weighted by molar-refractivity contribution is 5.79. The third kappa shape index (κ3) is 6.45. The predicted octanol–water partition coefficient (Wildman–Crippen LogP) is 1.36. The minimum atomic E-state index is -0.423. The van der Waals surface area contributed by atoms with Crippen LogP contribution in [0.5, 0.6) is 11.5 Å². The molecule has 0 spiro atoms. The van der Waals surface area contributed by atoms with Gasteiger partial charge in [-0.2, -0.15) is 0 Å². The lowest BCUT2D eigenvalue weighted by Gasteiger charge is -2.24. The standard InChI is InChI=1S/C17H25NO6/c1-13(17(20)23-4)11-18(8-9-21-2)16(19)12-24-15-7-5-6-14(10-15)22-3/h5-7,10,13H,8-9,11-12H2,1-4H3. The van der Waals surface area contributed by atoms with Crippen molar-refractivity contribution in [2.24, 2.45) is 5.92 Å². The maximum absolute atomic E-state index is 12.4. The van der Waals surface area contributed by atoms with Gasteiger partial charge >= 0.3 is 5.97 Å². The van der Waals surface area contributed by atoms with Crippen LogP contribution in [0.2, 0.25) is 0 Å². The number of carbonyl (C=O) groups excluding carboxylic acids is 2. The van der Waals surface area contributed by atoms with Crippen LogP contribution in [-0.4, -0.2) is 64.4 Å². The first-order valence-corrected chi connectivity index (χ1v) is 7.63.